The Bertz CT molecular complexity index is 883. The predicted octanol–water partition coefficient (Wildman–Crippen LogP) is 5.25. The van der Waals surface area contributed by atoms with E-state index >= 15 is 0 Å². The van der Waals surface area contributed by atoms with Gasteiger partial charge in [0.25, 0.3) is 0 Å². The topological polar surface area (TPSA) is 63.6 Å². The smallest absolute Gasteiger partial charge is 0 e. The number of benzene rings is 3. The second-order valence-electron chi connectivity index (χ2n) is 6.43. The van der Waals surface area contributed by atoms with Gasteiger partial charge in [-0.15, -0.1) is 0 Å². The van der Waals surface area contributed by atoms with Crippen LogP contribution < -0.4 is 15.9 Å². The second kappa shape index (κ2) is 20.0. The maximum absolute atomic E-state index is 8.47. The molecule has 0 heterocycles. The van der Waals surface area contributed by atoms with Crippen molar-refractivity contribution < 1.29 is 26.4 Å². The average Bonchev–Trinajstić information content (AvgIpc) is 3.18. The summed E-state index contributed by atoms with van der Waals surface area (Å²) in [6.45, 7) is 9.00. The Morgan fingerprint density at radius 3 is 1.52 bits per heavy atom. The third-order valence-electron chi connectivity index (χ3n) is 4.40. The standard InChI is InChI=1S/C18H15P.C8H9N.2CO.Fe/c1-4-10-16(11-5-1)19(17-12-6-2-7-13-17)18-14-8-3-9-15-18;9-7-8-5-3-1-2-4-6-8;2*1-2;/h1-15H;1,3,5-6,8H,2,4H2;;;/q;-1;;;/t;8-;;;/m.0.../s1. The van der Waals surface area contributed by atoms with E-state index in [-0.39, 0.29) is 23.0 Å². The minimum Gasteiger partial charge on any atom is -0.0622 e. The van der Waals surface area contributed by atoms with Gasteiger partial charge < -0.3 is 6.42 Å². The molecule has 3 aromatic carbocycles. The molecule has 0 amide bonds. The minimum absolute atomic E-state index is 0. The summed E-state index contributed by atoms with van der Waals surface area (Å²) in [6.07, 6.45) is 10.1. The maximum atomic E-state index is 8.47. The summed E-state index contributed by atoms with van der Waals surface area (Å²) in [4.78, 5) is 0. The normalized spacial score (nSPS) is 13.5. The average molecular weight is 493 g/mol. The van der Waals surface area contributed by atoms with E-state index in [0.29, 0.717) is 0 Å². The van der Waals surface area contributed by atoms with E-state index in [2.05, 4.69) is 116 Å². The van der Waals surface area contributed by atoms with Gasteiger partial charge in [-0.05, 0) is 30.3 Å². The Hall–Kier alpha value is -2.68. The van der Waals surface area contributed by atoms with Crippen molar-refractivity contribution in [2.24, 2.45) is 5.92 Å². The first-order valence-corrected chi connectivity index (χ1v) is 11.3. The van der Waals surface area contributed by atoms with Crippen molar-refractivity contribution in [2.75, 3.05) is 0 Å². The zero-order valence-corrected chi connectivity index (χ0v) is 20.0. The van der Waals surface area contributed by atoms with E-state index in [1.54, 1.807) is 0 Å². The Morgan fingerprint density at radius 2 is 1.15 bits per heavy atom. The molecule has 1 atom stereocenters. The third-order valence-corrected chi connectivity index (χ3v) is 6.84. The molecule has 0 unspecified atom stereocenters. The molecule has 0 saturated heterocycles. The molecule has 0 fully saturated rings. The van der Waals surface area contributed by atoms with Crippen LogP contribution in [0.25, 0.3) is 0 Å². The number of hydrogen-bond donors (Lipinski definition) is 0. The SMILES string of the molecule is N#C[C@H]1[CH]C=CCC[CH-]1.[C-]#[O+].[C-]#[O+].[Fe].c1ccc(P(c2ccccc2)c2ccccc2)cc1. The number of allylic oxidation sites excluding steroid dienone is 2. The molecule has 33 heavy (non-hydrogen) atoms. The molecular weight excluding hydrogens is 469 g/mol. The largest absolute Gasteiger partial charge is 0.0622 e. The van der Waals surface area contributed by atoms with Crippen molar-refractivity contribution in [1.82, 2.24) is 0 Å². The van der Waals surface area contributed by atoms with Crippen LogP contribution in [0.3, 0.4) is 0 Å². The fourth-order valence-corrected chi connectivity index (χ4v) is 5.32. The number of nitrogens with zero attached hydrogens (tertiary/aromatic N) is 1. The van der Waals surface area contributed by atoms with Gasteiger partial charge in [0.1, 0.15) is 0 Å². The van der Waals surface area contributed by atoms with Crippen molar-refractivity contribution in [2.45, 2.75) is 12.8 Å². The molecule has 0 spiro atoms. The van der Waals surface area contributed by atoms with Crippen molar-refractivity contribution in [3.63, 3.8) is 0 Å². The third kappa shape index (κ3) is 11.1. The van der Waals surface area contributed by atoms with Crippen LogP contribution in [0, 0.1) is 43.4 Å². The van der Waals surface area contributed by atoms with E-state index in [0.717, 1.165) is 12.8 Å². The van der Waals surface area contributed by atoms with Crippen LogP contribution in [-0.2, 0) is 26.4 Å². The molecule has 0 N–H and O–H groups in total. The molecule has 1 aliphatic rings. The summed E-state index contributed by atoms with van der Waals surface area (Å²) in [5.41, 5.74) is 0. The maximum Gasteiger partial charge on any atom is 0 e. The summed E-state index contributed by atoms with van der Waals surface area (Å²) in [7, 11) is -0.446. The Morgan fingerprint density at radius 1 is 0.758 bits per heavy atom. The molecule has 5 heteroatoms. The number of hydrogen-bond acceptors (Lipinski definition) is 1. The van der Waals surface area contributed by atoms with Gasteiger partial charge in [-0.2, -0.15) is 6.42 Å². The fourth-order valence-electron chi connectivity index (χ4n) is 3.02. The number of rotatable bonds is 3. The summed E-state index contributed by atoms with van der Waals surface area (Å²) in [5.74, 6) is 0.0451. The summed E-state index contributed by atoms with van der Waals surface area (Å²) in [6, 6.07) is 34.5. The molecule has 0 aromatic heterocycles. The first-order valence-electron chi connectivity index (χ1n) is 9.97. The Balaban J connectivity index is 0.000000621. The molecule has 1 aliphatic carbocycles. The molecule has 0 saturated carbocycles. The van der Waals surface area contributed by atoms with Crippen LogP contribution >= 0.6 is 7.92 Å². The van der Waals surface area contributed by atoms with Gasteiger partial charge in [0.2, 0.25) is 0 Å². The minimum atomic E-state index is -0.446. The monoisotopic (exact) mass is 493 g/mol. The van der Waals surface area contributed by atoms with E-state index < -0.39 is 7.92 Å². The molecule has 167 valence electrons. The van der Waals surface area contributed by atoms with Gasteiger partial charge in [-0.25, -0.2) is 5.26 Å². The Kier molecular flexibility index (Phi) is 18.3. The van der Waals surface area contributed by atoms with Crippen LogP contribution in [0.1, 0.15) is 12.8 Å². The van der Waals surface area contributed by atoms with Crippen molar-refractivity contribution in [3.05, 3.63) is 129 Å². The van der Waals surface area contributed by atoms with E-state index in [9.17, 15) is 0 Å². The molecule has 0 bridgehead atoms. The molecule has 1 radical (unpaired) electrons. The Labute approximate surface area is 209 Å². The molecule has 4 rings (SSSR count). The fraction of sp³-hybridized carbons (Fsp3) is 0.107. The van der Waals surface area contributed by atoms with Crippen LogP contribution in [0.15, 0.2) is 103 Å². The predicted molar refractivity (Wildman–Crippen MR) is 129 cm³/mol. The van der Waals surface area contributed by atoms with Gasteiger partial charge in [-0.1, -0.05) is 115 Å². The number of nitriles is 1. The van der Waals surface area contributed by atoms with Crippen molar-refractivity contribution >= 4 is 23.8 Å². The van der Waals surface area contributed by atoms with Crippen LogP contribution in [0.5, 0.6) is 0 Å². The summed E-state index contributed by atoms with van der Waals surface area (Å²) >= 11 is 0. The van der Waals surface area contributed by atoms with Gasteiger partial charge in [0, 0.05) is 23.1 Å². The van der Waals surface area contributed by atoms with E-state index in [4.69, 9.17) is 14.6 Å². The molecule has 3 nitrogen and oxygen atoms in total. The van der Waals surface area contributed by atoms with Crippen LogP contribution in [0.4, 0.5) is 0 Å². The summed E-state index contributed by atoms with van der Waals surface area (Å²) < 4.78 is 15.0. The second-order valence-corrected chi connectivity index (χ2v) is 8.65. The molecule has 0 aliphatic heterocycles. The van der Waals surface area contributed by atoms with Crippen LogP contribution in [-0.4, -0.2) is 0 Å². The van der Waals surface area contributed by atoms with E-state index in [1.807, 2.05) is 18.9 Å². The quantitative estimate of drug-likeness (QED) is 0.213. The van der Waals surface area contributed by atoms with Crippen LogP contribution in [0.2, 0.25) is 0 Å². The summed E-state index contributed by atoms with van der Waals surface area (Å²) in [5, 5.41) is 12.7. The van der Waals surface area contributed by atoms with Gasteiger partial charge in [0.05, 0.1) is 0 Å². The van der Waals surface area contributed by atoms with Crippen molar-refractivity contribution in [1.29, 1.82) is 5.26 Å². The van der Waals surface area contributed by atoms with Gasteiger partial charge >= 0.3 is 22.6 Å². The van der Waals surface area contributed by atoms with Gasteiger partial charge in [0.15, 0.2) is 0 Å². The van der Waals surface area contributed by atoms with Crippen molar-refractivity contribution in [3.8, 4) is 6.07 Å². The van der Waals surface area contributed by atoms with Gasteiger partial charge in [-0.3, -0.25) is 0 Å². The van der Waals surface area contributed by atoms with E-state index in [1.165, 1.54) is 15.9 Å². The first kappa shape index (κ1) is 30.3. The molecule has 3 aromatic rings. The molecular formula is C28H24FeNO2P-. The first-order chi connectivity index (χ1) is 15.9. The zero-order chi connectivity index (χ0) is 23.4. The zero-order valence-electron chi connectivity index (χ0n) is 18.0.